The molecule has 1 fully saturated rings. The molecule has 1 aliphatic heterocycles. The minimum atomic E-state index is -1.21. The fourth-order valence-electron chi connectivity index (χ4n) is 6.57. The van der Waals surface area contributed by atoms with Gasteiger partial charge in [-0.25, -0.2) is 0 Å². The van der Waals surface area contributed by atoms with E-state index in [0.29, 0.717) is 0 Å². The van der Waals surface area contributed by atoms with Crippen molar-refractivity contribution in [2.45, 2.75) is 43.9 Å². The van der Waals surface area contributed by atoms with E-state index in [9.17, 15) is 5.11 Å². The molecule has 0 spiro atoms. The number of aryl methyl sites for hydroxylation is 1. The van der Waals surface area contributed by atoms with Crippen LogP contribution in [0.1, 0.15) is 48.1 Å². The molecule has 3 unspecified atom stereocenters. The van der Waals surface area contributed by atoms with Crippen molar-refractivity contribution in [1.82, 2.24) is 4.98 Å². The molecule has 148 valence electrons. The zero-order chi connectivity index (χ0) is 20.6. The van der Waals surface area contributed by atoms with E-state index in [2.05, 4.69) is 67.8 Å². The van der Waals surface area contributed by atoms with Gasteiger partial charge < -0.3 is 9.84 Å². The number of methoxy groups -OCH3 is 1. The second-order valence-corrected chi connectivity index (χ2v) is 9.53. The molecule has 4 nitrogen and oxygen atoms in total. The van der Waals surface area contributed by atoms with Crippen LogP contribution in [0.25, 0.3) is 33.1 Å². The van der Waals surface area contributed by atoms with E-state index in [1.807, 2.05) is 6.20 Å². The van der Waals surface area contributed by atoms with Gasteiger partial charge in [-0.15, -0.1) is 0 Å². The molecule has 2 aromatic carbocycles. The Morgan fingerprint density at radius 1 is 1.10 bits per heavy atom. The van der Waals surface area contributed by atoms with Crippen molar-refractivity contribution < 1.29 is 14.4 Å². The summed E-state index contributed by atoms with van der Waals surface area (Å²) in [5.74, 6) is -1.32. The highest BCUT2D eigenvalue weighted by Crippen LogP contribution is 2.66. The topological polar surface area (TPSA) is 46.2 Å². The summed E-state index contributed by atoms with van der Waals surface area (Å²) in [6.07, 6.45) is 1.96. The van der Waals surface area contributed by atoms with Crippen LogP contribution >= 0.6 is 0 Å². The van der Waals surface area contributed by atoms with Gasteiger partial charge >= 0.3 is 0 Å². The lowest BCUT2D eigenvalue weighted by molar-refractivity contribution is -0.678. The van der Waals surface area contributed by atoms with E-state index in [-0.39, 0.29) is 17.4 Å². The molecule has 30 heavy (non-hydrogen) atoms. The van der Waals surface area contributed by atoms with Crippen LogP contribution < -0.4 is 4.57 Å². The van der Waals surface area contributed by atoms with Crippen molar-refractivity contribution in [2.24, 2.45) is 0 Å². The van der Waals surface area contributed by atoms with Crippen molar-refractivity contribution >= 4 is 21.8 Å². The van der Waals surface area contributed by atoms with Gasteiger partial charge in [-0.3, -0.25) is 4.98 Å². The maximum Gasteiger partial charge on any atom is 0.244 e. The Hall–Kier alpha value is -2.82. The van der Waals surface area contributed by atoms with Crippen LogP contribution in [0.15, 0.2) is 48.7 Å². The van der Waals surface area contributed by atoms with Crippen LogP contribution in [0.4, 0.5) is 0 Å². The molecule has 2 aromatic heterocycles. The highest BCUT2D eigenvalue weighted by Gasteiger charge is 2.77. The first-order chi connectivity index (χ1) is 14.4. The molecule has 0 radical (unpaired) electrons. The average Bonchev–Trinajstić information content (AvgIpc) is 3.38. The maximum atomic E-state index is 11.5. The molecule has 7 rings (SSSR count). The lowest BCUT2D eigenvalue weighted by atomic mass is 9.67. The highest BCUT2D eigenvalue weighted by atomic mass is 16.6. The summed E-state index contributed by atoms with van der Waals surface area (Å²) in [5.41, 5.74) is 9.53. The summed E-state index contributed by atoms with van der Waals surface area (Å²) in [6.45, 7) is 6.88. The summed E-state index contributed by atoms with van der Waals surface area (Å²) in [7, 11) is 1.61. The third-order valence-electron chi connectivity index (χ3n) is 7.90. The summed E-state index contributed by atoms with van der Waals surface area (Å²) < 4.78 is 8.08. The molecule has 2 aliphatic carbocycles. The fourth-order valence-corrected chi connectivity index (χ4v) is 6.57. The Bertz CT molecular complexity index is 1460. The molecule has 1 N–H and O–H groups in total. The number of fused-ring (bicyclic) bond motifs is 5. The minimum Gasteiger partial charge on any atom is -0.360 e. The molecule has 3 aliphatic rings. The van der Waals surface area contributed by atoms with Crippen molar-refractivity contribution in [3.63, 3.8) is 0 Å². The molecule has 0 bridgehead atoms. The lowest BCUT2D eigenvalue weighted by Gasteiger charge is -2.36. The monoisotopic (exact) mass is 395 g/mol. The van der Waals surface area contributed by atoms with Crippen LogP contribution in [0.3, 0.4) is 0 Å². The van der Waals surface area contributed by atoms with Crippen LogP contribution in [0.2, 0.25) is 0 Å². The number of benzene rings is 2. The highest BCUT2D eigenvalue weighted by molar-refractivity contribution is 6.03. The van der Waals surface area contributed by atoms with Gasteiger partial charge in [-0.1, -0.05) is 38.1 Å². The Balaban J connectivity index is 1.81. The number of rotatable bonds is 1. The molecular formula is C26H23N2O2+. The van der Waals surface area contributed by atoms with E-state index in [1.54, 1.807) is 7.11 Å². The van der Waals surface area contributed by atoms with Crippen LogP contribution in [0.5, 0.6) is 0 Å². The zero-order valence-electron chi connectivity index (χ0n) is 17.5. The van der Waals surface area contributed by atoms with Crippen molar-refractivity contribution in [2.75, 3.05) is 7.11 Å². The van der Waals surface area contributed by atoms with Crippen LogP contribution in [-0.2, 0) is 10.2 Å². The van der Waals surface area contributed by atoms with E-state index >= 15 is 0 Å². The van der Waals surface area contributed by atoms with E-state index in [1.165, 1.54) is 38.7 Å². The molecule has 3 heterocycles. The van der Waals surface area contributed by atoms with Gasteiger partial charge in [0.1, 0.15) is 5.92 Å². The van der Waals surface area contributed by atoms with Gasteiger partial charge in [-0.05, 0) is 30.2 Å². The first kappa shape index (κ1) is 16.9. The SMILES string of the molecule is COC1(O)C2c3cnc4cccc5c4c3-c3c(c(C)c4ccccc4[n+]3C21)C5(C)C. The fraction of sp³-hybridized carbons (Fsp3) is 0.308. The maximum absolute atomic E-state index is 11.5. The standard InChI is InChI=1S/C26H23N2O2/c1-13-14-8-5-6-11-18(14)28-23-19-15(22-24(28)26(22,29)30-4)12-27-17-10-7-9-16(20(17)19)25(2,3)21(13)23/h5-12,22,24,29H,1-4H3/q+1. The smallest absolute Gasteiger partial charge is 0.244 e. The van der Waals surface area contributed by atoms with Crippen LogP contribution in [0, 0.1) is 6.92 Å². The third kappa shape index (κ3) is 1.59. The van der Waals surface area contributed by atoms with Crippen molar-refractivity contribution in [3.05, 3.63) is 70.9 Å². The largest absolute Gasteiger partial charge is 0.360 e. The Labute approximate surface area is 174 Å². The Kier molecular flexibility index (Phi) is 2.77. The minimum absolute atomic E-state index is 0.111. The van der Waals surface area contributed by atoms with Gasteiger partial charge in [0.15, 0.2) is 0 Å². The van der Waals surface area contributed by atoms with Crippen molar-refractivity contribution in [3.8, 4) is 11.3 Å². The molecule has 0 saturated heterocycles. The number of aromatic nitrogens is 2. The second-order valence-electron chi connectivity index (χ2n) is 9.53. The lowest BCUT2D eigenvalue weighted by Crippen LogP contribution is -2.45. The van der Waals surface area contributed by atoms with Gasteiger partial charge in [0.05, 0.1) is 11.1 Å². The predicted octanol–water partition coefficient (Wildman–Crippen LogP) is 4.28. The normalized spacial score (nSPS) is 26.7. The summed E-state index contributed by atoms with van der Waals surface area (Å²) in [6, 6.07) is 14.9. The van der Waals surface area contributed by atoms with E-state index in [0.717, 1.165) is 16.6 Å². The number of hydrogen-bond donors (Lipinski definition) is 1. The molecule has 0 amide bonds. The number of aliphatic hydroxyl groups is 1. The van der Waals surface area contributed by atoms with Gasteiger partial charge in [0, 0.05) is 46.7 Å². The summed E-state index contributed by atoms with van der Waals surface area (Å²) >= 11 is 0. The van der Waals surface area contributed by atoms with Crippen molar-refractivity contribution in [1.29, 1.82) is 0 Å². The van der Waals surface area contributed by atoms with E-state index < -0.39 is 5.79 Å². The van der Waals surface area contributed by atoms with Gasteiger partial charge in [0.2, 0.25) is 23.0 Å². The number of para-hydroxylation sites is 1. The number of ether oxygens (including phenoxy) is 1. The molecular weight excluding hydrogens is 372 g/mol. The van der Waals surface area contributed by atoms with Gasteiger partial charge in [-0.2, -0.15) is 4.57 Å². The van der Waals surface area contributed by atoms with Gasteiger partial charge in [0.25, 0.3) is 0 Å². The number of hydrogen-bond acceptors (Lipinski definition) is 3. The number of pyridine rings is 2. The quantitative estimate of drug-likeness (QED) is 0.387. The summed E-state index contributed by atoms with van der Waals surface area (Å²) in [4.78, 5) is 4.81. The Morgan fingerprint density at radius 3 is 2.70 bits per heavy atom. The molecule has 4 aromatic rings. The number of nitrogens with zero attached hydrogens (tertiary/aromatic N) is 2. The molecule has 4 heteroatoms. The average molecular weight is 395 g/mol. The second kappa shape index (κ2) is 4.90. The zero-order valence-corrected chi connectivity index (χ0v) is 17.5. The first-order valence-corrected chi connectivity index (χ1v) is 10.6. The first-order valence-electron chi connectivity index (χ1n) is 10.6. The predicted molar refractivity (Wildman–Crippen MR) is 115 cm³/mol. The van der Waals surface area contributed by atoms with E-state index in [4.69, 9.17) is 9.72 Å². The third-order valence-corrected chi connectivity index (χ3v) is 7.90. The summed E-state index contributed by atoms with van der Waals surface area (Å²) in [5, 5.41) is 13.9. The molecule has 3 atom stereocenters. The van der Waals surface area contributed by atoms with Crippen LogP contribution in [-0.4, -0.2) is 23.0 Å². The molecule has 1 saturated carbocycles. The Morgan fingerprint density at radius 2 is 1.90 bits per heavy atom.